The Labute approximate surface area is 209 Å². The lowest BCUT2D eigenvalue weighted by Gasteiger charge is -2.41. The summed E-state index contributed by atoms with van der Waals surface area (Å²) in [6.45, 7) is 11.1. The molecule has 1 heterocycles. The summed E-state index contributed by atoms with van der Waals surface area (Å²) in [5.74, 6) is -0.372. The normalized spacial score (nSPS) is 18.3. The third-order valence-corrected chi connectivity index (χ3v) is 7.06. The lowest BCUT2D eigenvalue weighted by Crippen LogP contribution is -2.46. The van der Waals surface area contributed by atoms with Crippen LogP contribution >= 0.6 is 0 Å². The molecule has 3 aromatic rings. The van der Waals surface area contributed by atoms with Crippen LogP contribution in [0.1, 0.15) is 72.3 Å². The number of hydrogen-bond donors (Lipinski definition) is 1. The Balaban J connectivity index is 1.68. The van der Waals surface area contributed by atoms with Gasteiger partial charge in [0.05, 0.1) is 12.0 Å². The monoisotopic (exact) mass is 468 g/mol. The number of nitrogens with zero attached hydrogens (tertiary/aromatic N) is 1. The standard InChI is InChI=1S/C31H36N2O2/c1-21-12-9-13-22(2)27(21)30(35)33-19-11-18-26(28(33)23-14-7-6-8-15-23)29(34)32-25-17-10-16-24(20-25)31(3,4)5/h6-10,12-17,20,26,28H,11,18-19H2,1-5H3,(H,32,34)/t26?,28-/m0/s1. The van der Waals surface area contributed by atoms with Crippen LogP contribution in [0.3, 0.4) is 0 Å². The van der Waals surface area contributed by atoms with Gasteiger partial charge in [-0.05, 0) is 66.5 Å². The van der Waals surface area contributed by atoms with E-state index in [-0.39, 0.29) is 29.2 Å². The van der Waals surface area contributed by atoms with E-state index in [0.717, 1.165) is 40.8 Å². The quantitative estimate of drug-likeness (QED) is 0.456. The molecule has 0 radical (unpaired) electrons. The summed E-state index contributed by atoms with van der Waals surface area (Å²) in [7, 11) is 0. The summed E-state index contributed by atoms with van der Waals surface area (Å²) in [5.41, 5.74) is 5.63. The van der Waals surface area contributed by atoms with E-state index in [1.54, 1.807) is 0 Å². The van der Waals surface area contributed by atoms with Gasteiger partial charge in [-0.2, -0.15) is 0 Å². The number of rotatable bonds is 4. The van der Waals surface area contributed by atoms with Crippen LogP contribution in [0, 0.1) is 19.8 Å². The van der Waals surface area contributed by atoms with E-state index in [9.17, 15) is 9.59 Å². The van der Waals surface area contributed by atoms with Crippen molar-refractivity contribution in [3.63, 3.8) is 0 Å². The first kappa shape index (κ1) is 24.7. The minimum Gasteiger partial charge on any atom is -0.331 e. The molecule has 3 aromatic carbocycles. The fraction of sp³-hybridized carbons (Fsp3) is 0.355. The maximum absolute atomic E-state index is 13.9. The van der Waals surface area contributed by atoms with E-state index in [1.807, 2.05) is 79.4 Å². The van der Waals surface area contributed by atoms with Crippen LogP contribution in [0.15, 0.2) is 72.8 Å². The molecule has 0 saturated carbocycles. The van der Waals surface area contributed by atoms with Crippen molar-refractivity contribution in [1.82, 2.24) is 4.90 Å². The number of benzene rings is 3. The van der Waals surface area contributed by atoms with Gasteiger partial charge >= 0.3 is 0 Å². The van der Waals surface area contributed by atoms with Crippen molar-refractivity contribution in [2.75, 3.05) is 11.9 Å². The number of carbonyl (C=O) groups excluding carboxylic acids is 2. The zero-order valence-corrected chi connectivity index (χ0v) is 21.5. The molecule has 1 N–H and O–H groups in total. The van der Waals surface area contributed by atoms with E-state index in [4.69, 9.17) is 0 Å². The number of piperidine rings is 1. The van der Waals surface area contributed by atoms with Gasteiger partial charge in [0.15, 0.2) is 0 Å². The van der Waals surface area contributed by atoms with E-state index < -0.39 is 0 Å². The first-order valence-corrected chi connectivity index (χ1v) is 12.5. The number of likely N-dealkylation sites (tertiary alicyclic amines) is 1. The molecule has 4 nitrogen and oxygen atoms in total. The third-order valence-electron chi connectivity index (χ3n) is 7.06. The van der Waals surface area contributed by atoms with Crippen molar-refractivity contribution >= 4 is 17.5 Å². The van der Waals surface area contributed by atoms with Gasteiger partial charge in [0.25, 0.3) is 5.91 Å². The predicted octanol–water partition coefficient (Wildman–Crippen LogP) is 6.83. The molecule has 1 aliphatic rings. The summed E-state index contributed by atoms with van der Waals surface area (Å²) in [6.07, 6.45) is 1.53. The minimum absolute atomic E-state index is 0.00156. The van der Waals surface area contributed by atoms with Gasteiger partial charge in [-0.25, -0.2) is 0 Å². The lowest BCUT2D eigenvalue weighted by atomic mass is 9.83. The highest BCUT2D eigenvalue weighted by Gasteiger charge is 2.40. The van der Waals surface area contributed by atoms with Crippen molar-refractivity contribution in [3.8, 4) is 0 Å². The predicted molar refractivity (Wildman–Crippen MR) is 143 cm³/mol. The number of hydrogen-bond acceptors (Lipinski definition) is 2. The van der Waals surface area contributed by atoms with Gasteiger partial charge in [0, 0.05) is 17.8 Å². The molecule has 1 fully saturated rings. The summed E-state index contributed by atoms with van der Waals surface area (Å²) in [5, 5.41) is 3.17. The fourth-order valence-corrected chi connectivity index (χ4v) is 5.15. The van der Waals surface area contributed by atoms with Crippen LogP contribution in [-0.2, 0) is 10.2 Å². The zero-order chi connectivity index (χ0) is 25.2. The average molecular weight is 469 g/mol. The van der Waals surface area contributed by atoms with E-state index in [0.29, 0.717) is 6.54 Å². The Morgan fingerprint density at radius 2 is 1.54 bits per heavy atom. The maximum Gasteiger partial charge on any atom is 0.254 e. The van der Waals surface area contributed by atoms with Gasteiger partial charge in [-0.15, -0.1) is 0 Å². The lowest BCUT2D eigenvalue weighted by molar-refractivity contribution is -0.123. The molecule has 2 amide bonds. The highest BCUT2D eigenvalue weighted by molar-refractivity contribution is 5.99. The van der Waals surface area contributed by atoms with Crippen LogP contribution in [-0.4, -0.2) is 23.3 Å². The number of nitrogens with one attached hydrogen (secondary N) is 1. The van der Waals surface area contributed by atoms with Crippen LogP contribution in [0.5, 0.6) is 0 Å². The minimum atomic E-state index is -0.335. The molecule has 0 spiro atoms. The van der Waals surface area contributed by atoms with Gasteiger partial charge < -0.3 is 10.2 Å². The molecule has 2 atom stereocenters. The molecule has 35 heavy (non-hydrogen) atoms. The second-order valence-electron chi connectivity index (χ2n) is 10.7. The topological polar surface area (TPSA) is 49.4 Å². The van der Waals surface area contributed by atoms with Crippen LogP contribution in [0.4, 0.5) is 5.69 Å². The van der Waals surface area contributed by atoms with Crippen LogP contribution in [0.25, 0.3) is 0 Å². The number of anilines is 1. The van der Waals surface area contributed by atoms with E-state index in [2.05, 4.69) is 38.2 Å². The molecular weight excluding hydrogens is 432 g/mol. The summed E-state index contributed by atoms with van der Waals surface area (Å²) >= 11 is 0. The van der Waals surface area contributed by atoms with Crippen molar-refractivity contribution in [3.05, 3.63) is 101 Å². The first-order valence-electron chi connectivity index (χ1n) is 12.5. The Morgan fingerprint density at radius 3 is 2.20 bits per heavy atom. The Kier molecular flexibility index (Phi) is 7.11. The van der Waals surface area contributed by atoms with Crippen molar-refractivity contribution < 1.29 is 9.59 Å². The second kappa shape index (κ2) is 10.1. The van der Waals surface area contributed by atoms with Crippen molar-refractivity contribution in [2.24, 2.45) is 5.92 Å². The molecule has 1 aliphatic heterocycles. The SMILES string of the molecule is Cc1cccc(C)c1C(=O)N1CCCC(C(=O)Nc2cccc(C(C)(C)C)c2)[C@@H]1c1ccccc1. The maximum atomic E-state index is 13.9. The number of aryl methyl sites for hydroxylation is 2. The fourth-order valence-electron chi connectivity index (χ4n) is 5.15. The first-order chi connectivity index (χ1) is 16.7. The molecule has 0 aromatic heterocycles. The molecule has 4 rings (SSSR count). The Hall–Kier alpha value is -3.40. The Morgan fingerprint density at radius 1 is 0.886 bits per heavy atom. The highest BCUT2D eigenvalue weighted by atomic mass is 16.2. The van der Waals surface area contributed by atoms with Gasteiger partial charge in [0.1, 0.15) is 0 Å². The van der Waals surface area contributed by atoms with Crippen molar-refractivity contribution in [1.29, 1.82) is 0 Å². The van der Waals surface area contributed by atoms with E-state index >= 15 is 0 Å². The third kappa shape index (κ3) is 5.32. The van der Waals surface area contributed by atoms with Gasteiger partial charge in [-0.1, -0.05) is 81.4 Å². The van der Waals surface area contributed by atoms with Crippen LogP contribution in [0.2, 0.25) is 0 Å². The smallest absolute Gasteiger partial charge is 0.254 e. The molecule has 0 bridgehead atoms. The van der Waals surface area contributed by atoms with Crippen LogP contribution < -0.4 is 5.32 Å². The molecule has 4 heteroatoms. The molecular formula is C31H36N2O2. The number of carbonyl (C=O) groups is 2. The molecule has 1 unspecified atom stereocenters. The van der Waals surface area contributed by atoms with E-state index in [1.165, 1.54) is 5.56 Å². The summed E-state index contributed by atoms with van der Waals surface area (Å²) in [4.78, 5) is 29.5. The number of amides is 2. The summed E-state index contributed by atoms with van der Waals surface area (Å²) < 4.78 is 0. The van der Waals surface area contributed by atoms with Gasteiger partial charge in [-0.3, -0.25) is 9.59 Å². The molecule has 182 valence electrons. The molecule has 1 saturated heterocycles. The van der Waals surface area contributed by atoms with Crippen molar-refractivity contribution in [2.45, 2.75) is 58.9 Å². The Bertz CT molecular complexity index is 1190. The summed E-state index contributed by atoms with van der Waals surface area (Å²) in [6, 6.07) is 23.7. The largest absolute Gasteiger partial charge is 0.331 e. The molecule has 0 aliphatic carbocycles. The highest BCUT2D eigenvalue weighted by Crippen LogP contribution is 2.38. The second-order valence-corrected chi connectivity index (χ2v) is 10.7. The zero-order valence-electron chi connectivity index (χ0n) is 21.5. The van der Waals surface area contributed by atoms with Gasteiger partial charge in [0.2, 0.25) is 5.91 Å². The average Bonchev–Trinajstić information content (AvgIpc) is 2.83.